The molecule has 0 saturated carbocycles. The molecular formula is C16H14N2O4. The van der Waals surface area contributed by atoms with Crippen LogP contribution in [0.4, 0.5) is 0 Å². The third kappa shape index (κ3) is 2.76. The minimum atomic E-state index is -0.225. The smallest absolute Gasteiger partial charge is 0.254 e. The van der Waals surface area contributed by atoms with Crippen molar-refractivity contribution < 1.29 is 19.1 Å². The lowest BCUT2D eigenvalue weighted by Crippen LogP contribution is -2.32. The highest BCUT2D eigenvalue weighted by molar-refractivity contribution is 6.02. The van der Waals surface area contributed by atoms with Gasteiger partial charge >= 0.3 is 0 Å². The Hall–Kier alpha value is -2.89. The van der Waals surface area contributed by atoms with Gasteiger partial charge in [-0.25, -0.2) is 0 Å². The van der Waals surface area contributed by atoms with Crippen LogP contribution in [0.3, 0.4) is 0 Å². The molecule has 0 fully saturated rings. The lowest BCUT2D eigenvalue weighted by molar-refractivity contribution is 0.0747. The number of hydrogen-bond donors (Lipinski definition) is 0. The average molecular weight is 298 g/mol. The number of carbonyl (C=O) groups excluding carboxylic acids is 2. The maximum absolute atomic E-state index is 12.3. The monoisotopic (exact) mass is 298 g/mol. The van der Waals surface area contributed by atoms with Crippen LogP contribution in [0.25, 0.3) is 0 Å². The third-order valence-corrected chi connectivity index (χ3v) is 3.35. The second-order valence-corrected chi connectivity index (χ2v) is 4.89. The molecule has 1 aliphatic heterocycles. The van der Waals surface area contributed by atoms with Gasteiger partial charge in [-0.15, -0.1) is 0 Å². The van der Waals surface area contributed by atoms with Crippen LogP contribution in [0, 0.1) is 0 Å². The zero-order chi connectivity index (χ0) is 15.5. The second-order valence-electron chi connectivity index (χ2n) is 4.89. The molecule has 1 aromatic carbocycles. The van der Waals surface area contributed by atoms with Gasteiger partial charge in [-0.1, -0.05) is 0 Å². The van der Waals surface area contributed by atoms with Crippen LogP contribution in [0.2, 0.25) is 0 Å². The number of carbonyl (C=O) groups is 2. The van der Waals surface area contributed by atoms with Crippen LogP contribution < -0.4 is 9.47 Å². The number of fused-ring (bicyclic) bond motifs is 1. The van der Waals surface area contributed by atoms with Crippen molar-refractivity contribution in [2.45, 2.75) is 0 Å². The first-order chi connectivity index (χ1) is 10.6. The first-order valence-corrected chi connectivity index (χ1v) is 6.73. The van der Waals surface area contributed by atoms with Crippen LogP contribution in [0.5, 0.6) is 11.5 Å². The summed E-state index contributed by atoms with van der Waals surface area (Å²) in [7, 11) is 1.59. The van der Waals surface area contributed by atoms with Crippen LogP contribution >= 0.6 is 0 Å². The number of pyridine rings is 1. The van der Waals surface area contributed by atoms with Crippen molar-refractivity contribution in [2.75, 3.05) is 20.4 Å². The van der Waals surface area contributed by atoms with E-state index in [4.69, 9.17) is 9.47 Å². The number of amides is 1. The molecule has 0 aliphatic carbocycles. The number of benzene rings is 1. The number of rotatable bonds is 4. The number of nitrogens with zero attached hydrogens (tertiary/aromatic N) is 2. The fraction of sp³-hybridized carbons (Fsp3) is 0.188. The first kappa shape index (κ1) is 14.1. The molecule has 0 atom stereocenters. The molecule has 112 valence electrons. The van der Waals surface area contributed by atoms with Crippen molar-refractivity contribution in [3.05, 3.63) is 53.9 Å². The predicted octanol–water partition coefficient (Wildman–Crippen LogP) is 1.77. The molecule has 0 N–H and O–H groups in total. The molecule has 0 unspecified atom stereocenters. The van der Waals surface area contributed by atoms with Gasteiger partial charge < -0.3 is 14.4 Å². The van der Waals surface area contributed by atoms with E-state index in [0.29, 0.717) is 22.6 Å². The van der Waals surface area contributed by atoms with Gasteiger partial charge in [0.2, 0.25) is 6.79 Å². The van der Waals surface area contributed by atoms with Gasteiger partial charge in [-0.05, 0) is 30.3 Å². The van der Waals surface area contributed by atoms with Crippen LogP contribution in [-0.2, 0) is 0 Å². The Labute approximate surface area is 127 Å². The molecule has 0 bridgehead atoms. The zero-order valence-corrected chi connectivity index (χ0v) is 12.0. The fourth-order valence-electron chi connectivity index (χ4n) is 2.16. The van der Waals surface area contributed by atoms with Gasteiger partial charge in [0.15, 0.2) is 17.3 Å². The van der Waals surface area contributed by atoms with Crippen molar-refractivity contribution in [1.82, 2.24) is 9.88 Å². The van der Waals surface area contributed by atoms with Crippen LogP contribution in [0.1, 0.15) is 20.7 Å². The van der Waals surface area contributed by atoms with Crippen LogP contribution in [0.15, 0.2) is 42.7 Å². The highest BCUT2D eigenvalue weighted by atomic mass is 16.7. The minimum Gasteiger partial charge on any atom is -0.454 e. The Kier molecular flexibility index (Phi) is 3.74. The van der Waals surface area contributed by atoms with E-state index in [-0.39, 0.29) is 25.0 Å². The van der Waals surface area contributed by atoms with Gasteiger partial charge in [0.25, 0.3) is 5.91 Å². The Morgan fingerprint density at radius 1 is 1.09 bits per heavy atom. The van der Waals surface area contributed by atoms with Gasteiger partial charge in [-0.3, -0.25) is 14.6 Å². The number of ketones is 1. The number of likely N-dealkylation sites (N-methyl/N-ethyl adjacent to an activating group) is 1. The highest BCUT2D eigenvalue weighted by Crippen LogP contribution is 2.32. The number of hydrogen-bond acceptors (Lipinski definition) is 5. The molecule has 3 rings (SSSR count). The fourth-order valence-corrected chi connectivity index (χ4v) is 2.16. The largest absolute Gasteiger partial charge is 0.454 e. The average Bonchev–Trinajstić information content (AvgIpc) is 3.02. The van der Waals surface area contributed by atoms with Gasteiger partial charge in [0, 0.05) is 30.6 Å². The van der Waals surface area contributed by atoms with Crippen molar-refractivity contribution in [1.29, 1.82) is 0 Å². The predicted molar refractivity (Wildman–Crippen MR) is 78.1 cm³/mol. The molecule has 22 heavy (non-hydrogen) atoms. The number of Topliss-reactive ketones (excluding diaryl/α,β-unsaturated/α-hetero) is 1. The molecule has 2 aromatic rings. The summed E-state index contributed by atoms with van der Waals surface area (Å²) < 4.78 is 10.5. The van der Waals surface area contributed by atoms with Crippen LogP contribution in [-0.4, -0.2) is 42.0 Å². The van der Waals surface area contributed by atoms with Crippen molar-refractivity contribution in [2.24, 2.45) is 0 Å². The molecule has 6 heteroatoms. The standard InChI is InChI=1S/C16H14N2O4/c1-18(16(20)11-4-6-17-7-5-11)9-13(19)12-2-3-14-15(8-12)22-10-21-14/h2-8H,9-10H2,1H3. The third-order valence-electron chi connectivity index (χ3n) is 3.35. The SMILES string of the molecule is CN(CC(=O)c1ccc2c(c1)OCO2)C(=O)c1ccncc1. The summed E-state index contributed by atoms with van der Waals surface area (Å²) >= 11 is 0. The summed E-state index contributed by atoms with van der Waals surface area (Å²) in [5.41, 5.74) is 0.981. The maximum Gasteiger partial charge on any atom is 0.254 e. The van der Waals surface area contributed by atoms with E-state index < -0.39 is 0 Å². The molecule has 1 aliphatic rings. The lowest BCUT2D eigenvalue weighted by Gasteiger charge is -2.16. The van der Waals surface area contributed by atoms with E-state index >= 15 is 0 Å². The molecule has 0 radical (unpaired) electrons. The van der Waals surface area contributed by atoms with Gasteiger partial charge in [0.1, 0.15) is 0 Å². The normalized spacial score (nSPS) is 12.0. The first-order valence-electron chi connectivity index (χ1n) is 6.73. The quantitative estimate of drug-likeness (QED) is 0.805. The van der Waals surface area contributed by atoms with Crippen molar-refractivity contribution in [3.8, 4) is 11.5 Å². The summed E-state index contributed by atoms with van der Waals surface area (Å²) in [5, 5.41) is 0. The summed E-state index contributed by atoms with van der Waals surface area (Å²) in [6, 6.07) is 8.23. The van der Waals surface area contributed by atoms with Crippen molar-refractivity contribution in [3.63, 3.8) is 0 Å². The molecule has 0 spiro atoms. The Bertz CT molecular complexity index is 715. The highest BCUT2D eigenvalue weighted by Gasteiger charge is 2.19. The maximum atomic E-state index is 12.3. The van der Waals surface area contributed by atoms with E-state index in [2.05, 4.69) is 4.98 Å². The van der Waals surface area contributed by atoms with Gasteiger partial charge in [0.05, 0.1) is 6.54 Å². The van der Waals surface area contributed by atoms with E-state index in [0.717, 1.165) is 0 Å². The molecule has 1 aromatic heterocycles. The van der Waals surface area contributed by atoms with E-state index in [1.54, 1.807) is 49.8 Å². The van der Waals surface area contributed by atoms with E-state index in [1.165, 1.54) is 4.90 Å². The van der Waals surface area contributed by atoms with E-state index in [1.807, 2.05) is 0 Å². The molecular weight excluding hydrogens is 284 g/mol. The topological polar surface area (TPSA) is 68.7 Å². The lowest BCUT2D eigenvalue weighted by atomic mass is 10.1. The molecule has 2 heterocycles. The molecule has 0 saturated heterocycles. The summed E-state index contributed by atoms with van der Waals surface area (Å²) in [5.74, 6) is 0.784. The summed E-state index contributed by atoms with van der Waals surface area (Å²) in [4.78, 5) is 29.7. The molecule has 6 nitrogen and oxygen atoms in total. The summed E-state index contributed by atoms with van der Waals surface area (Å²) in [6.45, 7) is 0.147. The van der Waals surface area contributed by atoms with Crippen molar-refractivity contribution >= 4 is 11.7 Å². The number of ether oxygens (including phenoxy) is 2. The number of aromatic nitrogens is 1. The summed E-state index contributed by atoms with van der Waals surface area (Å²) in [6.07, 6.45) is 3.08. The minimum absolute atomic E-state index is 0.0131. The Morgan fingerprint density at radius 3 is 2.59 bits per heavy atom. The van der Waals surface area contributed by atoms with Gasteiger partial charge in [-0.2, -0.15) is 0 Å². The Morgan fingerprint density at radius 2 is 1.82 bits per heavy atom. The Balaban J connectivity index is 1.70. The molecule has 1 amide bonds. The zero-order valence-electron chi connectivity index (χ0n) is 12.0. The van der Waals surface area contributed by atoms with E-state index in [9.17, 15) is 9.59 Å². The second kappa shape index (κ2) is 5.85.